The highest BCUT2D eigenvalue weighted by Gasteiger charge is 2.24. The number of nitrogens with zero attached hydrogens (tertiary/aromatic N) is 5. The number of carbonyl (C=O) groups excluding carboxylic acids is 1. The highest BCUT2D eigenvalue weighted by molar-refractivity contribution is 5.94. The molecule has 2 aromatic carbocycles. The highest BCUT2D eigenvalue weighted by atomic mass is 19.1. The maximum Gasteiger partial charge on any atom is 0.254 e. The van der Waals surface area contributed by atoms with Gasteiger partial charge in [0.25, 0.3) is 5.91 Å². The molecule has 2 aliphatic rings. The maximum absolute atomic E-state index is 13.1. The molecule has 34 heavy (non-hydrogen) atoms. The summed E-state index contributed by atoms with van der Waals surface area (Å²) < 4.78 is 21.2. The molecule has 3 aromatic rings. The van der Waals surface area contributed by atoms with Gasteiger partial charge in [-0.1, -0.05) is 24.6 Å². The van der Waals surface area contributed by atoms with Crippen LogP contribution in [0.2, 0.25) is 0 Å². The van der Waals surface area contributed by atoms with Gasteiger partial charge in [0.1, 0.15) is 29.8 Å². The predicted molar refractivity (Wildman–Crippen MR) is 126 cm³/mol. The van der Waals surface area contributed by atoms with Crippen LogP contribution >= 0.6 is 0 Å². The monoisotopic (exact) mass is 463 g/mol. The van der Waals surface area contributed by atoms with E-state index in [1.807, 2.05) is 23.1 Å². The minimum atomic E-state index is -0.271. The molecule has 0 aliphatic carbocycles. The summed E-state index contributed by atoms with van der Waals surface area (Å²) in [7, 11) is 0. The van der Waals surface area contributed by atoms with Crippen molar-refractivity contribution in [1.82, 2.24) is 24.6 Å². The molecule has 178 valence electrons. The van der Waals surface area contributed by atoms with Crippen molar-refractivity contribution < 1.29 is 13.9 Å². The molecule has 0 radical (unpaired) electrons. The van der Waals surface area contributed by atoms with E-state index in [1.54, 1.807) is 18.2 Å². The predicted octanol–water partition coefficient (Wildman–Crippen LogP) is 3.68. The lowest BCUT2D eigenvalue weighted by Gasteiger charge is -2.34. The Labute approximate surface area is 199 Å². The molecule has 5 rings (SSSR count). The van der Waals surface area contributed by atoms with Gasteiger partial charge < -0.3 is 14.2 Å². The molecule has 1 amide bonds. The highest BCUT2D eigenvalue weighted by Crippen LogP contribution is 2.19. The Morgan fingerprint density at radius 2 is 1.76 bits per heavy atom. The van der Waals surface area contributed by atoms with Crippen LogP contribution in [0.15, 0.2) is 48.5 Å². The van der Waals surface area contributed by atoms with Crippen molar-refractivity contribution in [2.45, 2.75) is 45.4 Å². The Bertz CT molecular complexity index is 1120. The Kier molecular flexibility index (Phi) is 6.85. The van der Waals surface area contributed by atoms with Crippen LogP contribution in [0.3, 0.4) is 0 Å². The number of fused-ring (bicyclic) bond motifs is 1. The van der Waals surface area contributed by atoms with E-state index in [0.29, 0.717) is 31.0 Å². The summed E-state index contributed by atoms with van der Waals surface area (Å²) >= 11 is 0. The number of carbonyl (C=O) groups is 1. The molecule has 1 aromatic heterocycles. The number of benzene rings is 2. The number of piperazine rings is 1. The summed E-state index contributed by atoms with van der Waals surface area (Å²) in [6, 6.07) is 13.5. The van der Waals surface area contributed by atoms with Crippen molar-refractivity contribution in [1.29, 1.82) is 0 Å². The lowest BCUT2D eigenvalue weighted by atomic mass is 10.1. The van der Waals surface area contributed by atoms with E-state index in [9.17, 15) is 9.18 Å². The number of aromatic nitrogens is 3. The number of hydrogen-bond acceptors (Lipinski definition) is 5. The van der Waals surface area contributed by atoms with Crippen LogP contribution in [0.1, 0.15) is 46.8 Å². The Balaban J connectivity index is 1.15. The average Bonchev–Trinajstić information content (AvgIpc) is 3.09. The Hall–Kier alpha value is -3.26. The van der Waals surface area contributed by atoms with Crippen molar-refractivity contribution in [2.75, 3.05) is 26.2 Å². The van der Waals surface area contributed by atoms with E-state index < -0.39 is 0 Å². The summed E-state index contributed by atoms with van der Waals surface area (Å²) in [4.78, 5) is 17.4. The summed E-state index contributed by atoms with van der Waals surface area (Å²) in [6.07, 6.45) is 4.65. The van der Waals surface area contributed by atoms with Gasteiger partial charge in [-0.05, 0) is 48.7 Å². The van der Waals surface area contributed by atoms with Crippen LogP contribution in [-0.2, 0) is 26.1 Å². The molecule has 0 unspecified atom stereocenters. The second kappa shape index (κ2) is 10.3. The summed E-state index contributed by atoms with van der Waals surface area (Å²) in [6.45, 7) is 5.10. The lowest BCUT2D eigenvalue weighted by molar-refractivity contribution is 0.0623. The second-order valence-corrected chi connectivity index (χ2v) is 9.01. The first-order valence-electron chi connectivity index (χ1n) is 12.1. The van der Waals surface area contributed by atoms with Crippen molar-refractivity contribution in [3.05, 3.63) is 77.1 Å². The largest absolute Gasteiger partial charge is 0.489 e. The van der Waals surface area contributed by atoms with Gasteiger partial charge in [0, 0.05) is 44.7 Å². The first-order valence-corrected chi connectivity index (χ1v) is 12.1. The van der Waals surface area contributed by atoms with E-state index in [2.05, 4.69) is 19.7 Å². The summed E-state index contributed by atoms with van der Waals surface area (Å²) in [5.74, 6) is 2.53. The van der Waals surface area contributed by atoms with Crippen LogP contribution in [0.4, 0.5) is 4.39 Å². The zero-order valence-corrected chi connectivity index (χ0v) is 19.3. The van der Waals surface area contributed by atoms with Gasteiger partial charge in [-0.2, -0.15) is 0 Å². The van der Waals surface area contributed by atoms with E-state index in [4.69, 9.17) is 4.74 Å². The SMILES string of the molecule is O=C(c1cccc(OCc2ccc(F)cc2)c1)N1CCN(Cc2nnc3n2CCCCC3)CC1. The van der Waals surface area contributed by atoms with E-state index in [0.717, 1.165) is 49.8 Å². The smallest absolute Gasteiger partial charge is 0.254 e. The van der Waals surface area contributed by atoms with Crippen LogP contribution in [-0.4, -0.2) is 56.7 Å². The third-order valence-corrected chi connectivity index (χ3v) is 6.61. The molecule has 1 fully saturated rings. The third kappa shape index (κ3) is 5.28. The number of hydrogen-bond donors (Lipinski definition) is 0. The van der Waals surface area contributed by atoms with Crippen molar-refractivity contribution >= 4 is 5.91 Å². The van der Waals surface area contributed by atoms with Crippen LogP contribution in [0.5, 0.6) is 5.75 Å². The number of aryl methyl sites for hydroxylation is 1. The van der Waals surface area contributed by atoms with Gasteiger partial charge in [0.15, 0.2) is 0 Å². The van der Waals surface area contributed by atoms with E-state index in [1.165, 1.54) is 31.4 Å². The molecule has 8 heteroatoms. The zero-order valence-electron chi connectivity index (χ0n) is 19.3. The van der Waals surface area contributed by atoms with Crippen molar-refractivity contribution in [3.63, 3.8) is 0 Å². The van der Waals surface area contributed by atoms with E-state index >= 15 is 0 Å². The topological polar surface area (TPSA) is 63.5 Å². The molecule has 3 heterocycles. The van der Waals surface area contributed by atoms with Crippen molar-refractivity contribution in [3.8, 4) is 5.75 Å². The molecule has 7 nitrogen and oxygen atoms in total. The number of rotatable bonds is 6. The van der Waals surface area contributed by atoms with Gasteiger partial charge >= 0.3 is 0 Å². The zero-order chi connectivity index (χ0) is 23.3. The minimum Gasteiger partial charge on any atom is -0.489 e. The molecule has 0 bridgehead atoms. The molecular formula is C26H30FN5O2. The first kappa shape index (κ1) is 22.5. The quantitative estimate of drug-likeness (QED) is 0.558. The molecule has 1 saturated heterocycles. The Morgan fingerprint density at radius 3 is 2.59 bits per heavy atom. The molecular weight excluding hydrogens is 433 g/mol. The minimum absolute atomic E-state index is 0.0169. The normalized spacial score (nSPS) is 16.7. The summed E-state index contributed by atoms with van der Waals surface area (Å²) in [5.41, 5.74) is 1.49. The van der Waals surface area contributed by atoms with Crippen LogP contribution < -0.4 is 4.74 Å². The maximum atomic E-state index is 13.1. The van der Waals surface area contributed by atoms with Crippen LogP contribution in [0, 0.1) is 5.82 Å². The van der Waals surface area contributed by atoms with Gasteiger partial charge in [-0.25, -0.2) is 4.39 Å². The first-order chi connectivity index (χ1) is 16.7. The molecule has 2 aliphatic heterocycles. The third-order valence-electron chi connectivity index (χ3n) is 6.61. The number of amides is 1. The fraction of sp³-hybridized carbons (Fsp3) is 0.423. The van der Waals surface area contributed by atoms with Gasteiger partial charge in [0.05, 0.1) is 6.54 Å². The number of ether oxygens (including phenoxy) is 1. The molecule has 0 N–H and O–H groups in total. The van der Waals surface area contributed by atoms with Gasteiger partial charge in [-0.3, -0.25) is 9.69 Å². The fourth-order valence-corrected chi connectivity index (χ4v) is 4.62. The Morgan fingerprint density at radius 1 is 0.941 bits per heavy atom. The van der Waals surface area contributed by atoms with Gasteiger partial charge in [-0.15, -0.1) is 10.2 Å². The average molecular weight is 464 g/mol. The molecule has 0 spiro atoms. The van der Waals surface area contributed by atoms with Crippen LogP contribution in [0.25, 0.3) is 0 Å². The summed E-state index contributed by atoms with van der Waals surface area (Å²) in [5, 5.41) is 8.85. The molecule has 0 atom stereocenters. The molecule has 0 saturated carbocycles. The standard InChI is InChI=1S/C26H30FN5O2/c27-22-10-8-20(9-11-22)19-34-23-6-4-5-21(17-23)26(33)31-15-13-30(14-16-31)18-25-29-28-24-7-2-1-3-12-32(24)25/h4-6,8-11,17H,1-3,7,12-16,18-19H2. The lowest BCUT2D eigenvalue weighted by Crippen LogP contribution is -2.48. The number of halogens is 1. The van der Waals surface area contributed by atoms with Crippen molar-refractivity contribution in [2.24, 2.45) is 0 Å². The fourth-order valence-electron chi connectivity index (χ4n) is 4.62. The van der Waals surface area contributed by atoms with E-state index in [-0.39, 0.29) is 11.7 Å². The second-order valence-electron chi connectivity index (χ2n) is 9.01. The van der Waals surface area contributed by atoms with Gasteiger partial charge in [0.2, 0.25) is 0 Å².